The molecule has 0 aliphatic carbocycles. The van der Waals surface area contributed by atoms with E-state index in [0.29, 0.717) is 5.75 Å². The Morgan fingerprint density at radius 2 is 2.00 bits per heavy atom. The molecule has 0 saturated heterocycles. The van der Waals surface area contributed by atoms with E-state index in [1.54, 1.807) is 6.07 Å². The smallest absolute Gasteiger partial charge is 0.287 e. The van der Waals surface area contributed by atoms with Crippen LogP contribution in [0, 0.1) is 10.1 Å². The highest BCUT2D eigenvalue weighted by Gasteiger charge is 2.15. The highest BCUT2D eigenvalue weighted by Crippen LogP contribution is 2.33. The second kappa shape index (κ2) is 7.77. The van der Waals surface area contributed by atoms with Crippen LogP contribution >= 0.6 is 26.6 Å². The van der Waals surface area contributed by atoms with Crippen molar-refractivity contribution in [3.63, 3.8) is 0 Å². The van der Waals surface area contributed by atoms with Gasteiger partial charge in [-0.25, -0.2) is 8.42 Å². The van der Waals surface area contributed by atoms with Crippen LogP contribution in [0.15, 0.2) is 22.7 Å². The summed E-state index contributed by atoms with van der Waals surface area (Å²) in [5.41, 5.74) is -0.100. The van der Waals surface area contributed by atoms with Gasteiger partial charge in [0.05, 0.1) is 23.9 Å². The van der Waals surface area contributed by atoms with Crippen LogP contribution in [-0.4, -0.2) is 38.9 Å². The van der Waals surface area contributed by atoms with Crippen molar-refractivity contribution in [1.29, 1.82) is 0 Å². The summed E-state index contributed by atoms with van der Waals surface area (Å²) in [6.07, 6.45) is 0. The molecule has 0 spiro atoms. The maximum Gasteiger partial charge on any atom is 0.287 e. The van der Waals surface area contributed by atoms with Crippen LogP contribution < -0.4 is 4.74 Å². The lowest BCUT2D eigenvalue weighted by molar-refractivity contribution is -0.385. The van der Waals surface area contributed by atoms with Crippen molar-refractivity contribution in [1.82, 2.24) is 0 Å². The first-order chi connectivity index (χ1) is 9.31. The molecule has 1 aromatic rings. The molecule has 0 N–H and O–H groups in total. The quantitative estimate of drug-likeness (QED) is 0.293. The fraction of sp³-hybridized carbons (Fsp3) is 0.400. The predicted octanol–water partition coefficient (Wildman–Crippen LogP) is 2.32. The molecular weight excluding hydrogens is 378 g/mol. The summed E-state index contributed by atoms with van der Waals surface area (Å²) in [6, 6.07) is 4.41. The molecule has 0 unspecified atom stereocenters. The molecule has 1 rings (SSSR count). The number of hydrogen-bond donors (Lipinski definition) is 0. The van der Waals surface area contributed by atoms with Crippen LogP contribution in [0.5, 0.6) is 5.75 Å². The Kier molecular flexibility index (Phi) is 6.66. The zero-order valence-electron chi connectivity index (χ0n) is 10.1. The Hall–Kier alpha value is -0.900. The van der Waals surface area contributed by atoms with Gasteiger partial charge in [0.25, 0.3) is 5.69 Å². The van der Waals surface area contributed by atoms with E-state index in [4.69, 9.17) is 20.2 Å². The minimum Gasteiger partial charge on any atom is -0.490 e. The third-order valence-electron chi connectivity index (χ3n) is 2.10. The van der Waals surface area contributed by atoms with Gasteiger partial charge in [0.2, 0.25) is 9.05 Å². The molecule has 20 heavy (non-hydrogen) atoms. The Morgan fingerprint density at radius 3 is 2.60 bits per heavy atom. The summed E-state index contributed by atoms with van der Waals surface area (Å²) in [4.78, 5) is 10.2. The Bertz CT molecular complexity index is 579. The van der Waals surface area contributed by atoms with Crippen LogP contribution in [0.25, 0.3) is 0 Å². The van der Waals surface area contributed by atoms with E-state index in [2.05, 4.69) is 15.9 Å². The highest BCUT2D eigenvalue weighted by molar-refractivity contribution is 9.10. The van der Waals surface area contributed by atoms with E-state index in [9.17, 15) is 18.5 Å². The normalized spacial score (nSPS) is 11.3. The van der Waals surface area contributed by atoms with E-state index < -0.39 is 14.0 Å². The maximum atomic E-state index is 10.7. The van der Waals surface area contributed by atoms with Crippen molar-refractivity contribution >= 4 is 41.4 Å². The summed E-state index contributed by atoms with van der Waals surface area (Å²) < 4.78 is 31.8. The number of benzene rings is 1. The fourth-order valence-corrected chi connectivity index (χ4v) is 2.25. The second-order valence-electron chi connectivity index (χ2n) is 3.55. The van der Waals surface area contributed by atoms with Crippen molar-refractivity contribution in [2.75, 3.05) is 25.6 Å². The molecular formula is C10H11BrClNO6S. The maximum absolute atomic E-state index is 10.7. The third-order valence-corrected chi connectivity index (χ3v) is 4.01. The van der Waals surface area contributed by atoms with Crippen LogP contribution in [0.1, 0.15) is 0 Å². The monoisotopic (exact) mass is 387 g/mol. The van der Waals surface area contributed by atoms with Crippen molar-refractivity contribution in [3.05, 3.63) is 32.8 Å². The predicted molar refractivity (Wildman–Crippen MR) is 76.8 cm³/mol. The number of nitro groups is 1. The van der Waals surface area contributed by atoms with Gasteiger partial charge in [-0.2, -0.15) is 0 Å². The van der Waals surface area contributed by atoms with E-state index in [1.165, 1.54) is 12.1 Å². The molecule has 1 aromatic carbocycles. The Labute approximate surface area is 128 Å². The fourth-order valence-electron chi connectivity index (χ4n) is 1.22. The lowest BCUT2D eigenvalue weighted by atomic mass is 10.3. The number of hydrogen-bond acceptors (Lipinski definition) is 6. The topological polar surface area (TPSA) is 95.7 Å². The lowest BCUT2D eigenvalue weighted by Crippen LogP contribution is -2.12. The van der Waals surface area contributed by atoms with Crippen molar-refractivity contribution in [3.8, 4) is 5.75 Å². The zero-order chi connectivity index (χ0) is 15.2. The Balaban J connectivity index is 2.40. The first-order valence-corrected chi connectivity index (χ1v) is 8.64. The van der Waals surface area contributed by atoms with Gasteiger partial charge in [0.15, 0.2) is 0 Å². The first-order valence-electron chi connectivity index (χ1n) is 5.37. The average molecular weight is 389 g/mol. The molecule has 0 aromatic heterocycles. The van der Waals surface area contributed by atoms with Gasteiger partial charge in [-0.3, -0.25) is 10.1 Å². The van der Waals surface area contributed by atoms with E-state index >= 15 is 0 Å². The third kappa shape index (κ3) is 6.04. The molecule has 112 valence electrons. The molecule has 0 aliphatic rings. The molecule has 0 radical (unpaired) electrons. The molecule has 0 heterocycles. The van der Waals surface area contributed by atoms with Crippen molar-refractivity contribution < 1.29 is 22.8 Å². The van der Waals surface area contributed by atoms with E-state index in [-0.39, 0.29) is 35.7 Å². The molecule has 0 bridgehead atoms. The van der Waals surface area contributed by atoms with Gasteiger partial charge < -0.3 is 9.47 Å². The highest BCUT2D eigenvalue weighted by atomic mass is 79.9. The van der Waals surface area contributed by atoms with Gasteiger partial charge in [-0.15, -0.1) is 0 Å². The van der Waals surface area contributed by atoms with Crippen molar-refractivity contribution in [2.24, 2.45) is 0 Å². The van der Waals surface area contributed by atoms with Gasteiger partial charge in [0.1, 0.15) is 16.8 Å². The van der Waals surface area contributed by atoms with Gasteiger partial charge in [0, 0.05) is 16.7 Å². The molecule has 7 nitrogen and oxygen atoms in total. The van der Waals surface area contributed by atoms with Crippen LogP contribution in [0.4, 0.5) is 5.69 Å². The summed E-state index contributed by atoms with van der Waals surface area (Å²) in [5.74, 6) is 0.0301. The first kappa shape index (κ1) is 17.2. The second-order valence-corrected chi connectivity index (χ2v) is 7.24. The minimum absolute atomic E-state index is 0.0364. The lowest BCUT2D eigenvalue weighted by Gasteiger charge is -2.08. The molecule has 0 aliphatic heterocycles. The molecule has 0 saturated carbocycles. The summed E-state index contributed by atoms with van der Waals surface area (Å²) >= 11 is 3.09. The SMILES string of the molecule is O=[N+]([O-])c1cccc(OCCOCCS(=O)(=O)Cl)c1Br. The number of nitro benzene ring substituents is 1. The van der Waals surface area contributed by atoms with Crippen LogP contribution in [-0.2, 0) is 13.8 Å². The van der Waals surface area contributed by atoms with Crippen LogP contribution in [0.3, 0.4) is 0 Å². The number of rotatable bonds is 8. The standard InChI is InChI=1S/C10H11BrClNO6S/c11-10-8(13(14)15)2-1-3-9(10)19-5-4-18-6-7-20(12,16)17/h1-3H,4-7H2. The summed E-state index contributed by atoms with van der Waals surface area (Å²) in [7, 11) is 1.44. The summed E-state index contributed by atoms with van der Waals surface area (Å²) in [5, 5.41) is 10.7. The van der Waals surface area contributed by atoms with Gasteiger partial charge in [-0.1, -0.05) is 6.07 Å². The summed E-state index contributed by atoms with van der Waals surface area (Å²) in [6.45, 7) is 0.231. The minimum atomic E-state index is -3.56. The molecule has 0 amide bonds. The zero-order valence-corrected chi connectivity index (χ0v) is 13.3. The number of halogens is 2. The number of nitrogens with zero attached hydrogens (tertiary/aromatic N) is 1. The van der Waals surface area contributed by atoms with E-state index in [1.807, 2.05) is 0 Å². The molecule has 10 heteroatoms. The number of ether oxygens (including phenoxy) is 2. The van der Waals surface area contributed by atoms with Gasteiger partial charge >= 0.3 is 0 Å². The average Bonchev–Trinajstić information content (AvgIpc) is 2.33. The molecule has 0 fully saturated rings. The van der Waals surface area contributed by atoms with Crippen LogP contribution in [0.2, 0.25) is 0 Å². The Morgan fingerprint density at radius 1 is 1.30 bits per heavy atom. The molecule has 0 atom stereocenters. The largest absolute Gasteiger partial charge is 0.490 e. The van der Waals surface area contributed by atoms with Gasteiger partial charge in [-0.05, 0) is 22.0 Å². The van der Waals surface area contributed by atoms with Crippen molar-refractivity contribution in [2.45, 2.75) is 0 Å². The van der Waals surface area contributed by atoms with E-state index in [0.717, 1.165) is 0 Å².